The molecule has 1 saturated heterocycles. The fourth-order valence-corrected chi connectivity index (χ4v) is 3.35. The van der Waals surface area contributed by atoms with Crippen LogP contribution in [0.4, 0.5) is 0 Å². The first-order valence-electron chi connectivity index (χ1n) is 6.20. The Bertz CT molecular complexity index is 228. The average Bonchev–Trinajstić information content (AvgIpc) is 2.31. The van der Waals surface area contributed by atoms with Crippen LogP contribution in [0.25, 0.3) is 0 Å². The molecule has 1 saturated carbocycles. The maximum absolute atomic E-state index is 11.6. The lowest BCUT2D eigenvalue weighted by molar-refractivity contribution is -0.156. The van der Waals surface area contributed by atoms with Gasteiger partial charge >= 0.3 is 5.97 Å². The van der Waals surface area contributed by atoms with Gasteiger partial charge in [-0.1, -0.05) is 19.3 Å². The van der Waals surface area contributed by atoms with Gasteiger partial charge in [0.15, 0.2) is 0 Å². The van der Waals surface area contributed by atoms with Gasteiger partial charge in [0.05, 0.1) is 5.41 Å². The van der Waals surface area contributed by atoms with E-state index in [4.69, 9.17) is 0 Å². The van der Waals surface area contributed by atoms with Crippen molar-refractivity contribution in [1.82, 2.24) is 5.32 Å². The molecule has 86 valence electrons. The van der Waals surface area contributed by atoms with Crippen LogP contribution >= 0.6 is 0 Å². The standard InChI is InChI=1S/C12H21NO2/c14-11(15)12(6-2-1-3-7-12)10-4-8-13-9-5-10/h10,13H,1-9H2,(H,14,15). The number of rotatable bonds is 2. The summed E-state index contributed by atoms with van der Waals surface area (Å²) in [5.74, 6) is -0.120. The number of piperidine rings is 1. The van der Waals surface area contributed by atoms with E-state index in [1.54, 1.807) is 0 Å². The Hall–Kier alpha value is -0.570. The van der Waals surface area contributed by atoms with E-state index in [9.17, 15) is 9.90 Å². The second-order valence-corrected chi connectivity index (χ2v) is 5.05. The smallest absolute Gasteiger partial charge is 0.309 e. The van der Waals surface area contributed by atoms with Gasteiger partial charge in [-0.15, -0.1) is 0 Å². The van der Waals surface area contributed by atoms with Crippen molar-refractivity contribution in [2.45, 2.75) is 44.9 Å². The monoisotopic (exact) mass is 211 g/mol. The summed E-state index contributed by atoms with van der Waals surface area (Å²) >= 11 is 0. The molecule has 0 radical (unpaired) electrons. The van der Waals surface area contributed by atoms with E-state index >= 15 is 0 Å². The summed E-state index contributed by atoms with van der Waals surface area (Å²) in [6.07, 6.45) is 7.35. The van der Waals surface area contributed by atoms with Crippen LogP contribution < -0.4 is 5.32 Å². The Balaban J connectivity index is 2.12. The fraction of sp³-hybridized carbons (Fsp3) is 0.917. The molecule has 0 unspecified atom stereocenters. The molecule has 3 heteroatoms. The van der Waals surface area contributed by atoms with Crippen LogP contribution in [0, 0.1) is 11.3 Å². The highest BCUT2D eigenvalue weighted by Crippen LogP contribution is 2.46. The van der Waals surface area contributed by atoms with Gasteiger partial charge in [-0.25, -0.2) is 0 Å². The van der Waals surface area contributed by atoms with E-state index in [1.807, 2.05) is 0 Å². The fourth-order valence-electron chi connectivity index (χ4n) is 3.35. The molecular weight excluding hydrogens is 190 g/mol. The van der Waals surface area contributed by atoms with Crippen LogP contribution in [0.15, 0.2) is 0 Å². The number of aliphatic carboxylic acids is 1. The van der Waals surface area contributed by atoms with Gasteiger partial charge in [-0.3, -0.25) is 4.79 Å². The first kappa shape index (κ1) is 10.9. The number of carbonyl (C=O) groups is 1. The van der Waals surface area contributed by atoms with Gasteiger partial charge in [0, 0.05) is 0 Å². The summed E-state index contributed by atoms with van der Waals surface area (Å²) in [7, 11) is 0. The third-order valence-electron chi connectivity index (χ3n) is 4.29. The zero-order valence-electron chi connectivity index (χ0n) is 9.30. The minimum atomic E-state index is -0.533. The first-order valence-corrected chi connectivity index (χ1v) is 6.20. The second-order valence-electron chi connectivity index (χ2n) is 5.05. The maximum atomic E-state index is 11.6. The maximum Gasteiger partial charge on any atom is 0.309 e. The zero-order valence-corrected chi connectivity index (χ0v) is 9.30. The lowest BCUT2D eigenvalue weighted by atomic mass is 9.63. The number of carboxylic acid groups (broad SMARTS) is 1. The highest BCUT2D eigenvalue weighted by Gasteiger charge is 2.46. The van der Waals surface area contributed by atoms with Crippen LogP contribution in [-0.2, 0) is 4.79 Å². The molecule has 0 aromatic rings. The molecule has 1 aliphatic heterocycles. The van der Waals surface area contributed by atoms with Crippen LogP contribution in [0.3, 0.4) is 0 Å². The number of hydrogen-bond donors (Lipinski definition) is 2. The van der Waals surface area contributed by atoms with E-state index in [1.165, 1.54) is 6.42 Å². The quantitative estimate of drug-likeness (QED) is 0.734. The molecule has 0 amide bonds. The van der Waals surface area contributed by atoms with Crippen molar-refractivity contribution in [3.05, 3.63) is 0 Å². The normalized spacial score (nSPS) is 27.5. The van der Waals surface area contributed by atoms with Crippen molar-refractivity contribution in [1.29, 1.82) is 0 Å². The molecular formula is C12H21NO2. The molecule has 0 bridgehead atoms. The van der Waals surface area contributed by atoms with Crippen LogP contribution in [0.1, 0.15) is 44.9 Å². The van der Waals surface area contributed by atoms with Crippen molar-refractivity contribution >= 4 is 5.97 Å². The molecule has 2 fully saturated rings. The Morgan fingerprint density at radius 3 is 2.27 bits per heavy atom. The van der Waals surface area contributed by atoms with Gasteiger partial charge in [-0.2, -0.15) is 0 Å². The lowest BCUT2D eigenvalue weighted by Gasteiger charge is -2.42. The summed E-state index contributed by atoms with van der Waals surface area (Å²) in [6, 6.07) is 0. The molecule has 3 nitrogen and oxygen atoms in total. The second kappa shape index (κ2) is 4.52. The molecule has 2 rings (SSSR count). The summed E-state index contributed by atoms with van der Waals surface area (Å²) in [5, 5.41) is 12.8. The predicted octanol–water partition coefficient (Wildman–Crippen LogP) is 2.02. The van der Waals surface area contributed by atoms with E-state index < -0.39 is 5.97 Å². The largest absolute Gasteiger partial charge is 0.481 e. The number of nitrogens with one attached hydrogen (secondary N) is 1. The van der Waals surface area contributed by atoms with Gasteiger partial charge in [0.1, 0.15) is 0 Å². The molecule has 2 N–H and O–H groups in total. The third kappa shape index (κ3) is 2.03. The Morgan fingerprint density at radius 2 is 1.73 bits per heavy atom. The number of carboxylic acids is 1. The topological polar surface area (TPSA) is 49.3 Å². The molecule has 0 spiro atoms. The van der Waals surface area contributed by atoms with Crippen molar-refractivity contribution in [3.63, 3.8) is 0 Å². The SMILES string of the molecule is O=C(O)C1(C2CCNCC2)CCCCC1. The van der Waals surface area contributed by atoms with Crippen molar-refractivity contribution < 1.29 is 9.90 Å². The van der Waals surface area contributed by atoms with Gasteiger partial charge in [-0.05, 0) is 44.7 Å². The minimum absolute atomic E-state index is 0.375. The van der Waals surface area contributed by atoms with Crippen LogP contribution in [-0.4, -0.2) is 24.2 Å². The number of hydrogen-bond acceptors (Lipinski definition) is 2. The van der Waals surface area contributed by atoms with E-state index in [0.717, 1.165) is 51.6 Å². The van der Waals surface area contributed by atoms with E-state index in [-0.39, 0.29) is 5.41 Å². The average molecular weight is 211 g/mol. The van der Waals surface area contributed by atoms with Crippen LogP contribution in [0.2, 0.25) is 0 Å². The molecule has 0 atom stereocenters. The molecule has 1 heterocycles. The van der Waals surface area contributed by atoms with Crippen LogP contribution in [0.5, 0.6) is 0 Å². The molecule has 0 aromatic heterocycles. The zero-order chi connectivity index (χ0) is 10.7. The highest BCUT2D eigenvalue weighted by molar-refractivity contribution is 5.75. The third-order valence-corrected chi connectivity index (χ3v) is 4.29. The summed E-state index contributed by atoms with van der Waals surface area (Å²) in [6.45, 7) is 2.00. The summed E-state index contributed by atoms with van der Waals surface area (Å²) in [4.78, 5) is 11.6. The molecule has 1 aliphatic carbocycles. The van der Waals surface area contributed by atoms with E-state index in [0.29, 0.717) is 5.92 Å². The Kier molecular flexibility index (Phi) is 3.29. The van der Waals surface area contributed by atoms with Gasteiger partial charge in [0.25, 0.3) is 0 Å². The summed E-state index contributed by atoms with van der Waals surface area (Å²) in [5.41, 5.74) is -0.375. The van der Waals surface area contributed by atoms with Gasteiger partial charge < -0.3 is 10.4 Å². The lowest BCUT2D eigenvalue weighted by Crippen LogP contribution is -2.45. The van der Waals surface area contributed by atoms with Gasteiger partial charge in [0.2, 0.25) is 0 Å². The molecule has 0 aromatic carbocycles. The first-order chi connectivity index (χ1) is 7.26. The summed E-state index contributed by atoms with van der Waals surface area (Å²) < 4.78 is 0. The Labute approximate surface area is 91.2 Å². The minimum Gasteiger partial charge on any atom is -0.481 e. The molecule has 15 heavy (non-hydrogen) atoms. The van der Waals surface area contributed by atoms with Crippen molar-refractivity contribution in [2.24, 2.45) is 11.3 Å². The van der Waals surface area contributed by atoms with E-state index in [2.05, 4.69) is 5.32 Å². The van der Waals surface area contributed by atoms with Crippen molar-refractivity contribution in [3.8, 4) is 0 Å². The predicted molar refractivity (Wildman–Crippen MR) is 58.7 cm³/mol. The Morgan fingerprint density at radius 1 is 1.13 bits per heavy atom. The molecule has 2 aliphatic rings. The van der Waals surface area contributed by atoms with Crippen molar-refractivity contribution in [2.75, 3.05) is 13.1 Å². The highest BCUT2D eigenvalue weighted by atomic mass is 16.4.